The van der Waals surface area contributed by atoms with Gasteiger partial charge in [0, 0.05) is 31.8 Å². The van der Waals surface area contributed by atoms with E-state index in [9.17, 15) is 0 Å². The summed E-state index contributed by atoms with van der Waals surface area (Å²) in [6.07, 6.45) is 0. The first kappa shape index (κ1) is 26.2. The molecule has 0 atom stereocenters. The molecule has 38 heavy (non-hydrogen) atoms. The molecule has 0 amide bonds. The normalized spacial score (nSPS) is 11.9. The molecule has 5 aromatic rings. The molecule has 0 bridgehead atoms. The van der Waals surface area contributed by atoms with Crippen molar-refractivity contribution >= 4 is 46.1 Å². The van der Waals surface area contributed by atoms with Crippen LogP contribution in [0.4, 0.5) is 0 Å². The van der Waals surface area contributed by atoms with Crippen molar-refractivity contribution in [1.29, 1.82) is 0 Å². The van der Waals surface area contributed by atoms with E-state index < -0.39 is 14.3 Å². The first-order valence-electron chi connectivity index (χ1n) is 12.8. The summed E-state index contributed by atoms with van der Waals surface area (Å²) in [6.45, 7) is 8.05. The lowest BCUT2D eigenvalue weighted by molar-refractivity contribution is 0.591. The van der Waals surface area contributed by atoms with Crippen LogP contribution in [0.15, 0.2) is 121 Å². The molecular formula is C34H32O2P2. The van der Waals surface area contributed by atoms with E-state index in [4.69, 9.17) is 0 Å². The Balaban J connectivity index is 1.75. The van der Waals surface area contributed by atoms with Gasteiger partial charge in [0.05, 0.1) is 0 Å². The zero-order valence-electron chi connectivity index (χ0n) is 22.3. The Kier molecular flexibility index (Phi) is 7.15. The van der Waals surface area contributed by atoms with Gasteiger partial charge < -0.3 is 9.13 Å². The number of rotatable bonds is 6. The topological polar surface area (TPSA) is 34.1 Å². The van der Waals surface area contributed by atoms with Crippen LogP contribution in [0.2, 0.25) is 0 Å². The second kappa shape index (κ2) is 10.4. The fourth-order valence-corrected chi connectivity index (χ4v) is 11.6. The van der Waals surface area contributed by atoms with Crippen molar-refractivity contribution in [2.45, 2.75) is 27.7 Å². The van der Waals surface area contributed by atoms with Crippen LogP contribution in [-0.2, 0) is 9.13 Å². The van der Waals surface area contributed by atoms with E-state index in [0.717, 1.165) is 54.1 Å². The lowest BCUT2D eigenvalue weighted by Gasteiger charge is -2.26. The maximum atomic E-state index is 15.2. The fraction of sp³-hybridized carbons (Fsp3) is 0.118. The van der Waals surface area contributed by atoms with Crippen LogP contribution < -0.4 is 31.8 Å². The number of benzene rings is 5. The Morgan fingerprint density at radius 1 is 0.342 bits per heavy atom. The van der Waals surface area contributed by atoms with Crippen LogP contribution in [0.3, 0.4) is 0 Å². The smallest absolute Gasteiger partial charge is 0.171 e. The molecule has 0 radical (unpaired) electrons. The van der Waals surface area contributed by atoms with Crippen molar-refractivity contribution in [1.82, 2.24) is 0 Å². The third kappa shape index (κ3) is 4.33. The van der Waals surface area contributed by atoms with Gasteiger partial charge in [-0.1, -0.05) is 121 Å². The minimum absolute atomic E-state index is 0.742. The van der Waals surface area contributed by atoms with Crippen molar-refractivity contribution in [2.75, 3.05) is 0 Å². The van der Waals surface area contributed by atoms with E-state index >= 15 is 9.13 Å². The highest BCUT2D eigenvalue weighted by Gasteiger charge is 2.35. The van der Waals surface area contributed by atoms with Crippen LogP contribution in [0, 0.1) is 27.7 Å². The lowest BCUT2D eigenvalue weighted by atomic mass is 10.2. The average Bonchev–Trinajstić information content (AvgIpc) is 2.93. The molecule has 0 aromatic heterocycles. The summed E-state index contributed by atoms with van der Waals surface area (Å²) in [4.78, 5) is 0. The minimum atomic E-state index is -3.18. The zero-order chi connectivity index (χ0) is 26.9. The summed E-state index contributed by atoms with van der Waals surface area (Å²) >= 11 is 0. The van der Waals surface area contributed by atoms with Crippen molar-refractivity contribution in [3.63, 3.8) is 0 Å². The van der Waals surface area contributed by atoms with Gasteiger partial charge in [-0.2, -0.15) is 0 Å². The molecule has 0 aliphatic carbocycles. The van der Waals surface area contributed by atoms with E-state index in [0.29, 0.717) is 0 Å². The van der Waals surface area contributed by atoms with Gasteiger partial charge in [0.25, 0.3) is 0 Å². The summed E-state index contributed by atoms with van der Waals surface area (Å²) in [5.41, 5.74) is 3.98. The van der Waals surface area contributed by atoms with Gasteiger partial charge in [-0.3, -0.25) is 0 Å². The SMILES string of the molecule is Cc1ccccc1P(=O)(c1ccc(P(=O)(c2ccccc2C)c2ccccc2C)cc1)c1ccccc1C. The predicted octanol–water partition coefficient (Wildman–Crippen LogP) is 6.20. The minimum Gasteiger partial charge on any atom is -0.309 e. The van der Waals surface area contributed by atoms with E-state index in [2.05, 4.69) is 0 Å². The first-order chi connectivity index (χ1) is 18.3. The predicted molar refractivity (Wildman–Crippen MR) is 164 cm³/mol. The summed E-state index contributed by atoms with van der Waals surface area (Å²) in [6, 6.07) is 39.4. The van der Waals surface area contributed by atoms with Gasteiger partial charge >= 0.3 is 0 Å². The molecule has 0 unspecified atom stereocenters. The van der Waals surface area contributed by atoms with Gasteiger partial charge in [-0.05, 0) is 49.9 Å². The van der Waals surface area contributed by atoms with Crippen LogP contribution in [0.25, 0.3) is 0 Å². The molecule has 0 fully saturated rings. The molecule has 0 aliphatic rings. The molecule has 5 rings (SSSR count). The van der Waals surface area contributed by atoms with Crippen molar-refractivity contribution < 1.29 is 9.13 Å². The Labute approximate surface area is 226 Å². The molecule has 0 heterocycles. The molecule has 0 saturated carbocycles. The highest BCUT2D eigenvalue weighted by molar-refractivity contribution is 7.86. The van der Waals surface area contributed by atoms with E-state index in [1.54, 1.807) is 0 Å². The Bertz CT molecular complexity index is 1490. The molecule has 0 spiro atoms. The highest BCUT2D eigenvalue weighted by Crippen LogP contribution is 2.47. The second-order valence-corrected chi connectivity index (χ2v) is 15.3. The van der Waals surface area contributed by atoms with Crippen molar-refractivity contribution in [3.8, 4) is 0 Å². The molecule has 2 nitrogen and oxygen atoms in total. The van der Waals surface area contributed by atoms with Crippen molar-refractivity contribution in [3.05, 3.63) is 144 Å². The van der Waals surface area contributed by atoms with Gasteiger partial charge in [0.1, 0.15) is 0 Å². The number of hydrogen-bond donors (Lipinski definition) is 0. The quantitative estimate of drug-likeness (QED) is 0.243. The van der Waals surface area contributed by atoms with E-state index in [1.807, 2.05) is 149 Å². The fourth-order valence-electron chi connectivity index (χ4n) is 5.36. The maximum absolute atomic E-state index is 15.2. The van der Waals surface area contributed by atoms with Crippen LogP contribution in [0.1, 0.15) is 22.3 Å². The third-order valence-electron chi connectivity index (χ3n) is 7.40. The standard InChI is InChI=1S/C34H32O2P2/c1-25-13-5-9-17-31(25)37(35,32-18-10-6-14-26(32)2)29-21-23-30(24-22-29)38(36,33-19-11-7-15-27(33)3)34-20-12-8-16-28(34)4/h5-24H,1-4H3. The first-order valence-corrected chi connectivity index (χ1v) is 16.3. The Hall–Kier alpha value is -3.44. The molecule has 0 aliphatic heterocycles. The zero-order valence-corrected chi connectivity index (χ0v) is 24.0. The highest BCUT2D eigenvalue weighted by atomic mass is 31.2. The number of hydrogen-bond acceptors (Lipinski definition) is 2. The van der Waals surface area contributed by atoms with Crippen molar-refractivity contribution in [2.24, 2.45) is 0 Å². The molecule has 190 valence electrons. The van der Waals surface area contributed by atoms with E-state index in [-0.39, 0.29) is 0 Å². The molecule has 0 N–H and O–H groups in total. The van der Waals surface area contributed by atoms with Gasteiger partial charge in [-0.25, -0.2) is 0 Å². The third-order valence-corrected chi connectivity index (χ3v) is 14.2. The van der Waals surface area contributed by atoms with Crippen LogP contribution in [0.5, 0.6) is 0 Å². The molecule has 0 saturated heterocycles. The second-order valence-electron chi connectivity index (χ2n) is 9.88. The molecule has 5 aromatic carbocycles. The largest absolute Gasteiger partial charge is 0.309 e. The maximum Gasteiger partial charge on any atom is 0.171 e. The molecular weight excluding hydrogens is 502 g/mol. The van der Waals surface area contributed by atoms with Crippen LogP contribution >= 0.6 is 14.3 Å². The summed E-state index contributed by atoms with van der Waals surface area (Å²) in [5.74, 6) is 0. The summed E-state index contributed by atoms with van der Waals surface area (Å²) in [7, 11) is -6.35. The van der Waals surface area contributed by atoms with Gasteiger partial charge in [0.15, 0.2) is 14.3 Å². The van der Waals surface area contributed by atoms with Gasteiger partial charge in [-0.15, -0.1) is 0 Å². The van der Waals surface area contributed by atoms with Gasteiger partial charge in [0.2, 0.25) is 0 Å². The number of aryl methyl sites for hydroxylation is 4. The Morgan fingerprint density at radius 3 is 0.763 bits per heavy atom. The van der Waals surface area contributed by atoms with E-state index in [1.165, 1.54) is 0 Å². The molecule has 4 heteroatoms. The van der Waals surface area contributed by atoms with Crippen LogP contribution in [-0.4, -0.2) is 0 Å². The Morgan fingerprint density at radius 2 is 0.553 bits per heavy atom. The lowest BCUT2D eigenvalue weighted by Crippen LogP contribution is -2.31. The monoisotopic (exact) mass is 534 g/mol. The summed E-state index contributed by atoms with van der Waals surface area (Å²) < 4.78 is 30.4. The summed E-state index contributed by atoms with van der Waals surface area (Å²) in [5, 5.41) is 4.83. The average molecular weight is 535 g/mol.